The Hall–Kier alpha value is -0.520. The van der Waals surface area contributed by atoms with Gasteiger partial charge in [0, 0.05) is 31.5 Å². The number of hydrogen-bond acceptors (Lipinski definition) is 4. The summed E-state index contributed by atoms with van der Waals surface area (Å²) < 4.78 is 7.72. The molecule has 2 heterocycles. The number of nitrogens with one attached hydrogen (secondary N) is 1. The van der Waals surface area contributed by atoms with Crippen molar-refractivity contribution in [1.82, 2.24) is 15.1 Å². The summed E-state index contributed by atoms with van der Waals surface area (Å²) in [6.45, 7) is 9.45. The van der Waals surface area contributed by atoms with Gasteiger partial charge in [0.1, 0.15) is 0 Å². The Kier molecular flexibility index (Phi) is 5.93. The van der Waals surface area contributed by atoms with Gasteiger partial charge in [0.25, 0.3) is 0 Å². The standard InChI is InChI=1S/C15H27N3OS/c1-11(2)8-16-9-14-12(3)17-18(4)15(14)20-10-13-6-5-7-19-13/h11,13,16H,5-10H2,1-4H3. The molecule has 0 amide bonds. The molecule has 1 N–H and O–H groups in total. The van der Waals surface area contributed by atoms with Crippen molar-refractivity contribution in [2.24, 2.45) is 13.0 Å². The molecular weight excluding hydrogens is 270 g/mol. The minimum atomic E-state index is 0.423. The maximum absolute atomic E-state index is 5.71. The SMILES string of the molecule is Cc1nn(C)c(SCC2CCCO2)c1CNCC(C)C. The minimum absolute atomic E-state index is 0.423. The summed E-state index contributed by atoms with van der Waals surface area (Å²) in [5, 5.41) is 9.38. The monoisotopic (exact) mass is 297 g/mol. The van der Waals surface area contributed by atoms with E-state index in [2.05, 4.69) is 31.2 Å². The number of thioether (sulfide) groups is 1. The van der Waals surface area contributed by atoms with Gasteiger partial charge < -0.3 is 10.1 Å². The van der Waals surface area contributed by atoms with Crippen molar-refractivity contribution in [3.8, 4) is 0 Å². The topological polar surface area (TPSA) is 39.1 Å². The van der Waals surface area contributed by atoms with E-state index < -0.39 is 0 Å². The summed E-state index contributed by atoms with van der Waals surface area (Å²) in [5.74, 6) is 1.71. The van der Waals surface area contributed by atoms with Crippen molar-refractivity contribution in [3.05, 3.63) is 11.3 Å². The third-order valence-corrected chi connectivity index (χ3v) is 4.90. The van der Waals surface area contributed by atoms with E-state index in [4.69, 9.17) is 4.74 Å². The number of nitrogens with zero attached hydrogens (tertiary/aromatic N) is 2. The van der Waals surface area contributed by atoms with Crippen molar-refractivity contribution in [1.29, 1.82) is 0 Å². The smallest absolute Gasteiger partial charge is 0.0985 e. The molecule has 1 aliphatic rings. The summed E-state index contributed by atoms with van der Waals surface area (Å²) in [5.41, 5.74) is 2.48. The summed E-state index contributed by atoms with van der Waals surface area (Å²) in [4.78, 5) is 0. The molecule has 1 saturated heterocycles. The first kappa shape index (κ1) is 15.9. The molecule has 0 aromatic carbocycles. The van der Waals surface area contributed by atoms with Crippen LogP contribution in [0.4, 0.5) is 0 Å². The lowest BCUT2D eigenvalue weighted by Gasteiger charge is -2.12. The Labute approximate surface area is 126 Å². The number of rotatable bonds is 7. The Balaban J connectivity index is 1.95. The first-order valence-electron chi connectivity index (χ1n) is 7.55. The summed E-state index contributed by atoms with van der Waals surface area (Å²) in [7, 11) is 2.04. The molecule has 20 heavy (non-hydrogen) atoms. The Bertz CT molecular complexity index is 425. The van der Waals surface area contributed by atoms with Gasteiger partial charge in [0.15, 0.2) is 0 Å². The van der Waals surface area contributed by atoms with Crippen LogP contribution in [0, 0.1) is 12.8 Å². The first-order valence-corrected chi connectivity index (χ1v) is 8.54. The normalized spacial score (nSPS) is 19.1. The second-order valence-electron chi connectivity index (χ2n) is 5.96. The van der Waals surface area contributed by atoms with E-state index in [-0.39, 0.29) is 0 Å². The van der Waals surface area contributed by atoms with Gasteiger partial charge in [-0.2, -0.15) is 5.10 Å². The minimum Gasteiger partial charge on any atom is -0.377 e. The van der Waals surface area contributed by atoms with Crippen LogP contribution in [0.1, 0.15) is 37.9 Å². The van der Waals surface area contributed by atoms with Crippen LogP contribution in [0.25, 0.3) is 0 Å². The maximum atomic E-state index is 5.71. The third kappa shape index (κ3) is 4.24. The quantitative estimate of drug-likeness (QED) is 0.786. The molecule has 1 atom stereocenters. The van der Waals surface area contributed by atoms with Crippen LogP contribution in [0.15, 0.2) is 5.03 Å². The first-order chi connectivity index (χ1) is 9.58. The van der Waals surface area contributed by atoms with Crippen molar-refractivity contribution >= 4 is 11.8 Å². The zero-order valence-electron chi connectivity index (χ0n) is 13.1. The molecule has 1 aromatic heterocycles. The van der Waals surface area contributed by atoms with Crippen LogP contribution in [0.5, 0.6) is 0 Å². The predicted molar refractivity (Wildman–Crippen MR) is 84.2 cm³/mol. The van der Waals surface area contributed by atoms with E-state index in [9.17, 15) is 0 Å². The fourth-order valence-electron chi connectivity index (χ4n) is 2.50. The molecule has 1 aromatic rings. The van der Waals surface area contributed by atoms with Gasteiger partial charge in [-0.15, -0.1) is 11.8 Å². The molecule has 4 nitrogen and oxygen atoms in total. The van der Waals surface area contributed by atoms with Gasteiger partial charge in [-0.25, -0.2) is 0 Å². The molecule has 5 heteroatoms. The average Bonchev–Trinajstić information content (AvgIpc) is 2.97. The molecule has 0 spiro atoms. The third-order valence-electron chi connectivity index (χ3n) is 3.57. The van der Waals surface area contributed by atoms with Crippen LogP contribution in [-0.2, 0) is 18.3 Å². The van der Waals surface area contributed by atoms with E-state index in [0.717, 1.165) is 31.1 Å². The Morgan fingerprint density at radius 2 is 2.30 bits per heavy atom. The highest BCUT2D eigenvalue weighted by Gasteiger charge is 2.19. The highest BCUT2D eigenvalue weighted by atomic mass is 32.2. The van der Waals surface area contributed by atoms with E-state index >= 15 is 0 Å². The Morgan fingerprint density at radius 3 is 2.95 bits per heavy atom. The van der Waals surface area contributed by atoms with Gasteiger partial charge in [-0.1, -0.05) is 13.8 Å². The van der Waals surface area contributed by atoms with Gasteiger partial charge in [-0.05, 0) is 32.2 Å². The van der Waals surface area contributed by atoms with Crippen molar-refractivity contribution in [2.75, 3.05) is 18.9 Å². The molecule has 0 bridgehead atoms. The number of aromatic nitrogens is 2. The molecule has 2 rings (SSSR count). The van der Waals surface area contributed by atoms with Crippen molar-refractivity contribution in [2.45, 2.75) is 51.3 Å². The van der Waals surface area contributed by atoms with Gasteiger partial charge in [0.2, 0.25) is 0 Å². The molecule has 1 fully saturated rings. The molecule has 0 aliphatic carbocycles. The van der Waals surface area contributed by atoms with Gasteiger partial charge >= 0.3 is 0 Å². The molecule has 1 unspecified atom stereocenters. The highest BCUT2D eigenvalue weighted by Crippen LogP contribution is 2.28. The van der Waals surface area contributed by atoms with E-state index in [0.29, 0.717) is 12.0 Å². The van der Waals surface area contributed by atoms with Crippen LogP contribution in [0.2, 0.25) is 0 Å². The van der Waals surface area contributed by atoms with Crippen LogP contribution >= 0.6 is 11.8 Å². The molecular formula is C15H27N3OS. The maximum Gasteiger partial charge on any atom is 0.0985 e. The van der Waals surface area contributed by atoms with Gasteiger partial charge in [0.05, 0.1) is 16.8 Å². The fraction of sp³-hybridized carbons (Fsp3) is 0.800. The zero-order chi connectivity index (χ0) is 14.5. The number of hydrogen-bond donors (Lipinski definition) is 1. The molecule has 114 valence electrons. The summed E-state index contributed by atoms with van der Waals surface area (Å²) in [6, 6.07) is 0. The molecule has 0 radical (unpaired) electrons. The van der Waals surface area contributed by atoms with Gasteiger partial charge in [-0.3, -0.25) is 4.68 Å². The van der Waals surface area contributed by atoms with Crippen molar-refractivity contribution in [3.63, 3.8) is 0 Å². The summed E-state index contributed by atoms with van der Waals surface area (Å²) in [6.07, 6.45) is 2.83. The lowest BCUT2D eigenvalue weighted by Crippen LogP contribution is -2.19. The zero-order valence-corrected chi connectivity index (χ0v) is 13.9. The lowest BCUT2D eigenvalue weighted by atomic mass is 10.2. The Morgan fingerprint density at radius 1 is 1.50 bits per heavy atom. The van der Waals surface area contributed by atoms with Crippen LogP contribution < -0.4 is 5.32 Å². The van der Waals surface area contributed by atoms with E-state index in [1.165, 1.54) is 23.4 Å². The number of aryl methyl sites for hydroxylation is 2. The second kappa shape index (κ2) is 7.48. The number of ether oxygens (including phenoxy) is 1. The van der Waals surface area contributed by atoms with Crippen LogP contribution in [-0.4, -0.2) is 34.8 Å². The van der Waals surface area contributed by atoms with Crippen LogP contribution in [0.3, 0.4) is 0 Å². The largest absolute Gasteiger partial charge is 0.377 e. The predicted octanol–water partition coefficient (Wildman–Crippen LogP) is 2.75. The van der Waals surface area contributed by atoms with E-state index in [1.54, 1.807) is 0 Å². The summed E-state index contributed by atoms with van der Waals surface area (Å²) >= 11 is 1.89. The fourth-order valence-corrected chi connectivity index (χ4v) is 3.73. The lowest BCUT2D eigenvalue weighted by molar-refractivity contribution is 0.129. The molecule has 1 aliphatic heterocycles. The second-order valence-corrected chi connectivity index (χ2v) is 6.97. The highest BCUT2D eigenvalue weighted by molar-refractivity contribution is 7.99. The molecule has 0 saturated carbocycles. The average molecular weight is 297 g/mol. The van der Waals surface area contributed by atoms with Crippen molar-refractivity contribution < 1.29 is 4.74 Å². The van der Waals surface area contributed by atoms with E-state index in [1.807, 2.05) is 23.5 Å².